The Labute approximate surface area is 173 Å². The Morgan fingerprint density at radius 1 is 1.00 bits per heavy atom. The summed E-state index contributed by atoms with van der Waals surface area (Å²) in [5.41, 5.74) is 12.0. The fourth-order valence-corrected chi connectivity index (χ4v) is 2.51. The van der Waals surface area contributed by atoms with Crippen molar-refractivity contribution in [2.75, 3.05) is 0 Å². The van der Waals surface area contributed by atoms with Crippen molar-refractivity contribution < 1.29 is 9.59 Å². The maximum absolute atomic E-state index is 11.5. The second-order valence-electron chi connectivity index (χ2n) is 6.18. The first-order chi connectivity index (χ1) is 13.8. The van der Waals surface area contributed by atoms with E-state index in [1.54, 1.807) is 24.4 Å². The van der Waals surface area contributed by atoms with Crippen molar-refractivity contribution in [1.82, 2.24) is 20.3 Å². The molecule has 0 fully saturated rings. The van der Waals surface area contributed by atoms with Gasteiger partial charge in [0.05, 0.1) is 5.69 Å². The Balaban J connectivity index is 0.000000370. The van der Waals surface area contributed by atoms with Crippen LogP contribution in [0.15, 0.2) is 54.7 Å². The molecule has 0 aliphatic carbocycles. The van der Waals surface area contributed by atoms with Gasteiger partial charge in [0.2, 0.25) is 0 Å². The topological polar surface area (TPSA) is 137 Å². The van der Waals surface area contributed by atoms with Gasteiger partial charge in [0.25, 0.3) is 5.91 Å². The molecule has 0 radical (unpaired) electrons. The van der Waals surface area contributed by atoms with Gasteiger partial charge in [-0.25, -0.2) is 14.8 Å². The fourth-order valence-electron chi connectivity index (χ4n) is 2.27. The second-order valence-corrected chi connectivity index (χ2v) is 6.59. The minimum absolute atomic E-state index is 0.116. The zero-order valence-electron chi connectivity index (χ0n) is 16.0. The van der Waals surface area contributed by atoms with E-state index in [4.69, 9.17) is 23.1 Å². The molecule has 0 aliphatic heterocycles. The number of halogens is 1. The van der Waals surface area contributed by atoms with Crippen LogP contribution in [-0.2, 0) is 0 Å². The minimum Gasteiger partial charge on any atom is -0.364 e. The number of aromatic nitrogens is 3. The lowest BCUT2D eigenvalue weighted by Gasteiger charge is -2.07. The first kappa shape index (κ1) is 21.8. The highest BCUT2D eigenvalue weighted by Gasteiger charge is 2.13. The van der Waals surface area contributed by atoms with E-state index in [1.165, 1.54) is 6.07 Å². The maximum Gasteiger partial charge on any atom is 0.312 e. The molecule has 2 heterocycles. The zero-order valence-corrected chi connectivity index (χ0v) is 16.7. The molecule has 5 N–H and O–H groups in total. The number of urea groups is 1. The number of pyridine rings is 1. The van der Waals surface area contributed by atoms with Crippen molar-refractivity contribution in [2.45, 2.75) is 19.9 Å². The largest absolute Gasteiger partial charge is 0.364 e. The predicted molar refractivity (Wildman–Crippen MR) is 112 cm³/mol. The van der Waals surface area contributed by atoms with Crippen LogP contribution in [0.4, 0.5) is 4.79 Å². The first-order valence-corrected chi connectivity index (χ1v) is 9.07. The van der Waals surface area contributed by atoms with Crippen LogP contribution in [0.1, 0.15) is 24.3 Å². The second kappa shape index (κ2) is 10.1. The number of benzene rings is 1. The third kappa shape index (κ3) is 6.54. The lowest BCUT2D eigenvalue weighted by molar-refractivity contribution is 0.0995. The Hall–Kier alpha value is -3.52. The van der Waals surface area contributed by atoms with Crippen molar-refractivity contribution in [2.24, 2.45) is 11.5 Å². The molecule has 0 aliphatic rings. The molecule has 0 bridgehead atoms. The average molecular weight is 413 g/mol. The fraction of sp³-hybridized carbons (Fsp3) is 0.150. The smallest absolute Gasteiger partial charge is 0.312 e. The molecule has 8 nitrogen and oxygen atoms in total. The molecule has 1 aromatic carbocycles. The number of nitrogens with zero attached hydrogens (tertiary/aromatic N) is 3. The first-order valence-electron chi connectivity index (χ1n) is 8.69. The van der Waals surface area contributed by atoms with Crippen molar-refractivity contribution in [1.29, 1.82) is 0 Å². The van der Waals surface area contributed by atoms with E-state index in [0.29, 0.717) is 27.8 Å². The average Bonchev–Trinajstić information content (AvgIpc) is 2.68. The molecule has 9 heteroatoms. The lowest BCUT2D eigenvalue weighted by atomic mass is 10.1. The van der Waals surface area contributed by atoms with E-state index >= 15 is 0 Å². The Bertz CT molecular complexity index is 995. The Morgan fingerprint density at radius 2 is 1.69 bits per heavy atom. The van der Waals surface area contributed by atoms with Gasteiger partial charge in [-0.3, -0.25) is 9.78 Å². The van der Waals surface area contributed by atoms with Crippen molar-refractivity contribution >= 4 is 23.5 Å². The normalized spacial score (nSPS) is 10.1. The summed E-state index contributed by atoms with van der Waals surface area (Å²) in [7, 11) is 0. The highest BCUT2D eigenvalue weighted by Crippen LogP contribution is 2.27. The number of rotatable bonds is 4. The number of amides is 3. The van der Waals surface area contributed by atoms with E-state index in [1.807, 2.05) is 38.1 Å². The van der Waals surface area contributed by atoms with Crippen LogP contribution >= 0.6 is 11.6 Å². The number of nitrogens with two attached hydrogens (primary N) is 2. The van der Waals surface area contributed by atoms with E-state index in [9.17, 15) is 9.59 Å². The molecule has 3 aromatic rings. The van der Waals surface area contributed by atoms with E-state index in [-0.39, 0.29) is 11.7 Å². The van der Waals surface area contributed by atoms with Crippen LogP contribution < -0.4 is 16.8 Å². The van der Waals surface area contributed by atoms with E-state index < -0.39 is 11.9 Å². The molecule has 29 heavy (non-hydrogen) atoms. The third-order valence-electron chi connectivity index (χ3n) is 3.45. The highest BCUT2D eigenvalue weighted by atomic mass is 35.5. The van der Waals surface area contributed by atoms with Crippen LogP contribution in [-0.4, -0.2) is 32.9 Å². The molecule has 0 atom stereocenters. The molecule has 3 amide bonds. The summed E-state index contributed by atoms with van der Waals surface area (Å²) in [5, 5.41) is 2.98. The molecule has 2 aromatic heterocycles. The molecule has 3 rings (SSSR count). The van der Waals surface area contributed by atoms with Crippen LogP contribution in [0.3, 0.4) is 0 Å². The van der Waals surface area contributed by atoms with Crippen LogP contribution in [0, 0.1) is 0 Å². The van der Waals surface area contributed by atoms with Gasteiger partial charge in [-0.1, -0.05) is 35.9 Å². The molecular weight excluding hydrogens is 392 g/mol. The van der Waals surface area contributed by atoms with Gasteiger partial charge in [-0.15, -0.1) is 0 Å². The zero-order chi connectivity index (χ0) is 21.4. The summed E-state index contributed by atoms with van der Waals surface area (Å²) in [6.45, 7) is 3.70. The van der Waals surface area contributed by atoms with Gasteiger partial charge in [0.1, 0.15) is 11.4 Å². The molecule has 150 valence electrons. The molecule has 0 saturated heterocycles. The summed E-state index contributed by atoms with van der Waals surface area (Å²) in [6.07, 6.45) is 1.63. The van der Waals surface area contributed by atoms with Crippen LogP contribution in [0.2, 0.25) is 5.02 Å². The summed E-state index contributed by atoms with van der Waals surface area (Å²) in [4.78, 5) is 34.3. The molecular formula is C20H21ClN6O2. The van der Waals surface area contributed by atoms with Crippen molar-refractivity contribution in [3.63, 3.8) is 0 Å². The number of hydrogen-bond acceptors (Lipinski definition) is 5. The minimum atomic E-state index is -0.632. The molecule has 0 spiro atoms. The van der Waals surface area contributed by atoms with E-state index in [2.05, 4.69) is 20.3 Å². The highest BCUT2D eigenvalue weighted by molar-refractivity contribution is 6.33. The summed E-state index contributed by atoms with van der Waals surface area (Å²) < 4.78 is 0. The van der Waals surface area contributed by atoms with Gasteiger partial charge in [0.15, 0.2) is 5.82 Å². The number of hydrogen-bond donors (Lipinski definition) is 3. The monoisotopic (exact) mass is 412 g/mol. The predicted octanol–water partition coefficient (Wildman–Crippen LogP) is 3.02. The van der Waals surface area contributed by atoms with Crippen molar-refractivity contribution in [3.05, 3.63) is 65.4 Å². The number of carbonyl (C=O) groups is 2. The SMILES string of the molecule is CC(C)NC(N)=O.NC(=O)c1cc(-c2ccccc2Cl)nc(-c2ccccn2)n1. The van der Waals surface area contributed by atoms with Gasteiger partial charge >= 0.3 is 6.03 Å². The van der Waals surface area contributed by atoms with Crippen LogP contribution in [0.25, 0.3) is 22.8 Å². The quantitative estimate of drug-likeness (QED) is 0.604. The number of primary amides is 2. The van der Waals surface area contributed by atoms with Crippen LogP contribution in [0.5, 0.6) is 0 Å². The number of nitrogens with one attached hydrogen (secondary N) is 1. The van der Waals surface area contributed by atoms with Crippen molar-refractivity contribution in [3.8, 4) is 22.8 Å². The van der Waals surface area contributed by atoms with Gasteiger partial charge < -0.3 is 16.8 Å². The Morgan fingerprint density at radius 3 is 2.21 bits per heavy atom. The van der Waals surface area contributed by atoms with Gasteiger partial charge in [-0.05, 0) is 38.1 Å². The number of carbonyl (C=O) groups excluding carboxylic acids is 2. The van der Waals surface area contributed by atoms with Gasteiger partial charge in [-0.2, -0.15) is 0 Å². The summed E-state index contributed by atoms with van der Waals surface area (Å²) in [5.74, 6) is -0.306. The lowest BCUT2D eigenvalue weighted by Crippen LogP contribution is -2.34. The maximum atomic E-state index is 11.5. The third-order valence-corrected chi connectivity index (χ3v) is 3.78. The van der Waals surface area contributed by atoms with E-state index in [0.717, 1.165) is 0 Å². The molecule has 0 saturated carbocycles. The summed E-state index contributed by atoms with van der Waals surface area (Å²) >= 11 is 6.20. The molecule has 0 unspecified atom stereocenters. The standard InChI is InChI=1S/C16H11ClN4O.C4H10N2O/c17-11-6-2-1-5-10(11)13-9-14(15(18)22)21-16(20-13)12-7-3-4-8-19-12;1-3(2)6-4(5)7/h1-9H,(H2,18,22);3H,1-2H3,(H3,5,6,7). The Kier molecular flexibility index (Phi) is 7.62. The summed E-state index contributed by atoms with van der Waals surface area (Å²) in [6, 6.07) is 13.8. The van der Waals surface area contributed by atoms with Gasteiger partial charge in [0, 0.05) is 22.8 Å².